The zero-order valence-corrected chi connectivity index (χ0v) is 9.03. The van der Waals surface area contributed by atoms with Crippen LogP contribution in [0.2, 0.25) is 0 Å². The van der Waals surface area contributed by atoms with Crippen molar-refractivity contribution in [3.05, 3.63) is 11.6 Å². The van der Waals surface area contributed by atoms with Crippen LogP contribution in [0.25, 0.3) is 0 Å². The van der Waals surface area contributed by atoms with Gasteiger partial charge in [0.15, 0.2) is 0 Å². The molecule has 0 rings (SSSR count). The van der Waals surface area contributed by atoms with Crippen LogP contribution in [0.1, 0.15) is 45.4 Å². The highest BCUT2D eigenvalue weighted by Gasteiger charge is 2.08. The number of hydrogen-bond acceptors (Lipinski definition) is 2. The molecule has 0 amide bonds. The third-order valence-electron chi connectivity index (χ3n) is 2.12. The number of rotatable bonds is 8. The van der Waals surface area contributed by atoms with Gasteiger partial charge in [0.25, 0.3) is 0 Å². The summed E-state index contributed by atoms with van der Waals surface area (Å²) in [7, 11) is 0. The summed E-state index contributed by atoms with van der Waals surface area (Å²) < 4.78 is 0. The Morgan fingerprint density at radius 1 is 1.07 bits per heavy atom. The molecule has 0 spiro atoms. The molecule has 0 saturated heterocycles. The van der Waals surface area contributed by atoms with Gasteiger partial charge in [-0.05, 0) is 12.8 Å². The molecule has 0 bridgehead atoms. The Bertz CT molecular complexity index is 243. The number of unbranched alkanes of at least 4 members (excludes halogenated alkanes) is 4. The number of carboxylic acid groups (broad SMARTS) is 2. The molecule has 0 aromatic carbocycles. The predicted octanol–water partition coefficient (Wildman–Crippen LogP) is 2.44. The van der Waals surface area contributed by atoms with Crippen molar-refractivity contribution in [1.29, 1.82) is 0 Å². The SMILES string of the molecule is CCCCCCCC(=CC(=O)O)C(=O)O. The first kappa shape index (κ1) is 13.7. The Labute approximate surface area is 89.6 Å². The molecule has 0 aliphatic heterocycles. The molecule has 0 aliphatic rings. The van der Waals surface area contributed by atoms with Crippen molar-refractivity contribution >= 4 is 11.9 Å². The Morgan fingerprint density at radius 2 is 1.67 bits per heavy atom. The number of carbonyl (C=O) groups is 2. The molecule has 86 valence electrons. The number of hydrogen-bond donors (Lipinski definition) is 2. The first-order chi connectivity index (χ1) is 7.07. The van der Waals surface area contributed by atoms with Crippen LogP contribution in [0, 0.1) is 0 Å². The van der Waals surface area contributed by atoms with Crippen LogP contribution in [-0.4, -0.2) is 22.2 Å². The van der Waals surface area contributed by atoms with E-state index in [1.165, 1.54) is 0 Å². The highest BCUT2D eigenvalue weighted by atomic mass is 16.4. The van der Waals surface area contributed by atoms with E-state index in [0.717, 1.165) is 38.2 Å². The van der Waals surface area contributed by atoms with Gasteiger partial charge in [0, 0.05) is 11.6 Å². The van der Waals surface area contributed by atoms with Gasteiger partial charge in [-0.1, -0.05) is 32.6 Å². The Kier molecular flexibility index (Phi) is 7.32. The molecule has 2 N–H and O–H groups in total. The maximum atomic E-state index is 10.6. The van der Waals surface area contributed by atoms with Crippen molar-refractivity contribution < 1.29 is 19.8 Å². The van der Waals surface area contributed by atoms with Crippen LogP contribution in [0.5, 0.6) is 0 Å². The van der Waals surface area contributed by atoms with Gasteiger partial charge in [0.05, 0.1) is 0 Å². The van der Waals surface area contributed by atoms with E-state index < -0.39 is 11.9 Å². The standard InChI is InChI=1S/C11H18O4/c1-2-3-4-5-6-7-9(11(14)15)8-10(12)13/h8H,2-7H2,1H3,(H,12,13)(H,14,15). The summed E-state index contributed by atoms with van der Waals surface area (Å²) in [6.07, 6.45) is 6.18. The van der Waals surface area contributed by atoms with Crippen LogP contribution >= 0.6 is 0 Å². The molecule has 0 fully saturated rings. The van der Waals surface area contributed by atoms with Gasteiger partial charge in [-0.15, -0.1) is 0 Å². The minimum Gasteiger partial charge on any atom is -0.478 e. The Hall–Kier alpha value is -1.32. The zero-order chi connectivity index (χ0) is 11.7. The molecule has 0 aromatic rings. The molecule has 4 nitrogen and oxygen atoms in total. The molecule has 0 aliphatic carbocycles. The summed E-state index contributed by atoms with van der Waals surface area (Å²) in [6.45, 7) is 2.10. The second-order valence-electron chi connectivity index (χ2n) is 3.48. The number of aliphatic carboxylic acids is 2. The maximum absolute atomic E-state index is 10.6. The van der Waals surface area contributed by atoms with E-state index in [0.29, 0.717) is 6.42 Å². The first-order valence-electron chi connectivity index (χ1n) is 5.24. The monoisotopic (exact) mass is 214 g/mol. The van der Waals surface area contributed by atoms with Crippen LogP contribution in [0.3, 0.4) is 0 Å². The average Bonchev–Trinajstić information content (AvgIpc) is 2.15. The zero-order valence-electron chi connectivity index (χ0n) is 9.03. The lowest BCUT2D eigenvalue weighted by Crippen LogP contribution is -2.04. The van der Waals surface area contributed by atoms with Gasteiger partial charge >= 0.3 is 11.9 Å². The smallest absolute Gasteiger partial charge is 0.331 e. The van der Waals surface area contributed by atoms with E-state index in [9.17, 15) is 9.59 Å². The molecule has 0 heterocycles. The van der Waals surface area contributed by atoms with E-state index in [2.05, 4.69) is 6.92 Å². The minimum atomic E-state index is -1.19. The minimum absolute atomic E-state index is 0.0148. The van der Waals surface area contributed by atoms with Gasteiger partial charge in [0.1, 0.15) is 0 Å². The van der Waals surface area contributed by atoms with E-state index >= 15 is 0 Å². The van der Waals surface area contributed by atoms with E-state index in [-0.39, 0.29) is 5.57 Å². The molecule has 0 atom stereocenters. The Morgan fingerprint density at radius 3 is 2.13 bits per heavy atom. The van der Waals surface area contributed by atoms with Gasteiger partial charge in [-0.2, -0.15) is 0 Å². The maximum Gasteiger partial charge on any atom is 0.331 e. The fourth-order valence-electron chi connectivity index (χ4n) is 1.31. The first-order valence-corrected chi connectivity index (χ1v) is 5.24. The van der Waals surface area contributed by atoms with Crippen LogP contribution in [0.4, 0.5) is 0 Å². The largest absolute Gasteiger partial charge is 0.478 e. The third kappa shape index (κ3) is 7.73. The summed E-state index contributed by atoms with van der Waals surface area (Å²) in [5.41, 5.74) is -0.0148. The second-order valence-corrected chi connectivity index (χ2v) is 3.48. The van der Waals surface area contributed by atoms with Crippen LogP contribution < -0.4 is 0 Å². The highest BCUT2D eigenvalue weighted by molar-refractivity contribution is 5.94. The third-order valence-corrected chi connectivity index (χ3v) is 2.12. The quantitative estimate of drug-likeness (QED) is 0.480. The van der Waals surface area contributed by atoms with Gasteiger partial charge in [0.2, 0.25) is 0 Å². The summed E-state index contributed by atoms with van der Waals surface area (Å²) in [5.74, 6) is -2.33. The molecular weight excluding hydrogens is 196 g/mol. The van der Waals surface area contributed by atoms with Crippen molar-refractivity contribution in [3.63, 3.8) is 0 Å². The van der Waals surface area contributed by atoms with E-state index in [1.54, 1.807) is 0 Å². The number of carboxylic acids is 2. The fourth-order valence-corrected chi connectivity index (χ4v) is 1.31. The lowest BCUT2D eigenvalue weighted by Gasteiger charge is -2.01. The predicted molar refractivity (Wildman–Crippen MR) is 56.7 cm³/mol. The van der Waals surface area contributed by atoms with Crippen molar-refractivity contribution in [2.75, 3.05) is 0 Å². The van der Waals surface area contributed by atoms with E-state index in [1.807, 2.05) is 0 Å². The average molecular weight is 214 g/mol. The topological polar surface area (TPSA) is 74.6 Å². The van der Waals surface area contributed by atoms with Crippen molar-refractivity contribution in [3.8, 4) is 0 Å². The second kappa shape index (κ2) is 8.03. The van der Waals surface area contributed by atoms with E-state index in [4.69, 9.17) is 10.2 Å². The van der Waals surface area contributed by atoms with Gasteiger partial charge < -0.3 is 10.2 Å². The Balaban J connectivity index is 3.88. The molecule has 0 saturated carbocycles. The van der Waals surface area contributed by atoms with Crippen molar-refractivity contribution in [2.45, 2.75) is 45.4 Å². The fraction of sp³-hybridized carbons (Fsp3) is 0.636. The van der Waals surface area contributed by atoms with Crippen molar-refractivity contribution in [2.24, 2.45) is 0 Å². The molecule has 0 unspecified atom stereocenters. The lowest BCUT2D eigenvalue weighted by atomic mass is 10.1. The molecule has 0 radical (unpaired) electrons. The van der Waals surface area contributed by atoms with Crippen LogP contribution in [0.15, 0.2) is 11.6 Å². The van der Waals surface area contributed by atoms with Crippen molar-refractivity contribution in [1.82, 2.24) is 0 Å². The lowest BCUT2D eigenvalue weighted by molar-refractivity contribution is -0.135. The van der Waals surface area contributed by atoms with Gasteiger partial charge in [-0.3, -0.25) is 0 Å². The van der Waals surface area contributed by atoms with Gasteiger partial charge in [-0.25, -0.2) is 9.59 Å². The molecule has 4 heteroatoms. The normalized spacial score (nSPS) is 11.4. The van der Waals surface area contributed by atoms with Crippen LogP contribution in [-0.2, 0) is 9.59 Å². The molecular formula is C11H18O4. The highest BCUT2D eigenvalue weighted by Crippen LogP contribution is 2.11. The summed E-state index contributed by atoms with van der Waals surface area (Å²) >= 11 is 0. The summed E-state index contributed by atoms with van der Waals surface area (Å²) in [4.78, 5) is 20.9. The summed E-state index contributed by atoms with van der Waals surface area (Å²) in [6, 6.07) is 0. The molecule has 15 heavy (non-hydrogen) atoms. The molecule has 0 aromatic heterocycles. The summed E-state index contributed by atoms with van der Waals surface area (Å²) in [5, 5.41) is 17.1.